The zero-order chi connectivity index (χ0) is 20.9. The van der Waals surface area contributed by atoms with Gasteiger partial charge in [-0.2, -0.15) is 10.1 Å². The molecule has 3 heterocycles. The summed E-state index contributed by atoms with van der Waals surface area (Å²) in [6, 6.07) is 9.61. The normalized spacial score (nSPS) is 15.3. The van der Waals surface area contributed by atoms with Crippen molar-refractivity contribution in [3.63, 3.8) is 0 Å². The van der Waals surface area contributed by atoms with Crippen LogP contribution >= 0.6 is 0 Å². The highest BCUT2D eigenvalue weighted by Gasteiger charge is 2.21. The third-order valence-corrected chi connectivity index (χ3v) is 5.35. The SMILES string of the molecule is COc1ccccc1-c1noc(CCC(=O)Nc2ccnn2C2CCN(C)CC2)n1. The largest absolute Gasteiger partial charge is 0.496 e. The maximum absolute atomic E-state index is 12.5. The van der Waals surface area contributed by atoms with Gasteiger partial charge in [-0.1, -0.05) is 17.3 Å². The molecule has 1 aliphatic heterocycles. The number of methoxy groups -OCH3 is 1. The van der Waals surface area contributed by atoms with E-state index in [1.807, 2.05) is 35.0 Å². The number of benzene rings is 1. The number of hydrogen-bond acceptors (Lipinski definition) is 7. The fourth-order valence-corrected chi connectivity index (χ4v) is 3.66. The van der Waals surface area contributed by atoms with E-state index in [9.17, 15) is 4.79 Å². The first-order chi connectivity index (χ1) is 14.6. The monoisotopic (exact) mass is 410 g/mol. The summed E-state index contributed by atoms with van der Waals surface area (Å²) in [6.45, 7) is 2.06. The maximum atomic E-state index is 12.5. The van der Waals surface area contributed by atoms with Gasteiger partial charge in [0.15, 0.2) is 0 Å². The fourth-order valence-electron chi connectivity index (χ4n) is 3.66. The molecule has 30 heavy (non-hydrogen) atoms. The van der Waals surface area contributed by atoms with E-state index in [1.165, 1.54) is 0 Å². The number of para-hydroxylation sites is 1. The van der Waals surface area contributed by atoms with Gasteiger partial charge < -0.3 is 19.5 Å². The van der Waals surface area contributed by atoms with E-state index >= 15 is 0 Å². The van der Waals surface area contributed by atoms with Gasteiger partial charge in [0.2, 0.25) is 17.6 Å². The van der Waals surface area contributed by atoms with Crippen molar-refractivity contribution in [2.75, 3.05) is 32.6 Å². The summed E-state index contributed by atoms with van der Waals surface area (Å²) in [6.07, 6.45) is 4.37. The van der Waals surface area contributed by atoms with E-state index in [1.54, 1.807) is 13.3 Å². The first-order valence-electron chi connectivity index (χ1n) is 10.1. The van der Waals surface area contributed by atoms with Gasteiger partial charge in [-0.05, 0) is 45.1 Å². The molecule has 0 radical (unpaired) electrons. The molecule has 1 aliphatic rings. The Bertz CT molecular complexity index is 990. The van der Waals surface area contributed by atoms with E-state index < -0.39 is 0 Å². The van der Waals surface area contributed by atoms with Crippen LogP contribution in [0.4, 0.5) is 5.82 Å². The number of aryl methyl sites for hydroxylation is 1. The molecule has 1 aromatic carbocycles. The number of piperidine rings is 1. The van der Waals surface area contributed by atoms with Gasteiger partial charge >= 0.3 is 0 Å². The van der Waals surface area contributed by atoms with Crippen molar-refractivity contribution in [2.24, 2.45) is 0 Å². The van der Waals surface area contributed by atoms with E-state index in [2.05, 4.69) is 32.5 Å². The number of carbonyl (C=O) groups is 1. The molecule has 1 saturated heterocycles. The molecule has 1 N–H and O–H groups in total. The van der Waals surface area contributed by atoms with Gasteiger partial charge in [0.05, 0.1) is 24.9 Å². The molecule has 2 aromatic heterocycles. The van der Waals surface area contributed by atoms with Crippen LogP contribution < -0.4 is 10.1 Å². The molecule has 3 aromatic rings. The number of rotatable bonds is 7. The second-order valence-corrected chi connectivity index (χ2v) is 7.46. The minimum Gasteiger partial charge on any atom is -0.496 e. The summed E-state index contributed by atoms with van der Waals surface area (Å²) >= 11 is 0. The lowest BCUT2D eigenvalue weighted by molar-refractivity contribution is -0.116. The lowest BCUT2D eigenvalue weighted by Gasteiger charge is -2.30. The molecular formula is C21H26N6O3. The number of amides is 1. The van der Waals surface area contributed by atoms with Crippen LogP contribution in [0.2, 0.25) is 0 Å². The minimum atomic E-state index is -0.110. The molecule has 158 valence electrons. The third kappa shape index (κ3) is 4.51. The first kappa shape index (κ1) is 20.1. The van der Waals surface area contributed by atoms with Crippen molar-refractivity contribution in [3.8, 4) is 17.1 Å². The molecule has 4 rings (SSSR count). The van der Waals surface area contributed by atoms with E-state index in [0.29, 0.717) is 29.9 Å². The second kappa shape index (κ2) is 9.08. The van der Waals surface area contributed by atoms with Gasteiger partial charge in [0.25, 0.3) is 0 Å². The van der Waals surface area contributed by atoms with Crippen molar-refractivity contribution in [1.82, 2.24) is 24.8 Å². The summed E-state index contributed by atoms with van der Waals surface area (Å²) in [7, 11) is 3.72. The van der Waals surface area contributed by atoms with Crippen molar-refractivity contribution in [1.29, 1.82) is 0 Å². The number of hydrogen-bond donors (Lipinski definition) is 1. The van der Waals surface area contributed by atoms with Crippen LogP contribution in [-0.4, -0.2) is 58.0 Å². The maximum Gasteiger partial charge on any atom is 0.227 e. The molecule has 0 atom stereocenters. The van der Waals surface area contributed by atoms with Gasteiger partial charge in [-0.15, -0.1) is 0 Å². The van der Waals surface area contributed by atoms with Crippen LogP contribution in [0.5, 0.6) is 5.75 Å². The van der Waals surface area contributed by atoms with E-state index in [-0.39, 0.29) is 12.3 Å². The Balaban J connectivity index is 1.34. The van der Waals surface area contributed by atoms with Crippen molar-refractivity contribution < 1.29 is 14.1 Å². The lowest BCUT2D eigenvalue weighted by atomic mass is 10.1. The third-order valence-electron chi connectivity index (χ3n) is 5.35. The molecule has 0 unspecified atom stereocenters. The molecule has 0 spiro atoms. The average Bonchev–Trinajstić information content (AvgIpc) is 3.42. The van der Waals surface area contributed by atoms with Crippen LogP contribution in [0.25, 0.3) is 11.4 Å². The Hall–Kier alpha value is -3.20. The Morgan fingerprint density at radius 3 is 2.87 bits per heavy atom. The average molecular weight is 410 g/mol. The molecule has 9 nitrogen and oxygen atoms in total. The lowest BCUT2D eigenvalue weighted by Crippen LogP contribution is -2.32. The van der Waals surface area contributed by atoms with Crippen LogP contribution in [0.1, 0.15) is 31.2 Å². The molecule has 1 fully saturated rings. The smallest absolute Gasteiger partial charge is 0.227 e. The number of anilines is 1. The van der Waals surface area contributed by atoms with E-state index in [0.717, 1.165) is 37.3 Å². The second-order valence-electron chi connectivity index (χ2n) is 7.46. The molecule has 9 heteroatoms. The summed E-state index contributed by atoms with van der Waals surface area (Å²) < 4.78 is 12.6. The summed E-state index contributed by atoms with van der Waals surface area (Å²) in [5.41, 5.74) is 0.751. The number of ether oxygens (including phenoxy) is 1. The van der Waals surface area contributed by atoms with Crippen LogP contribution in [0.3, 0.4) is 0 Å². The molecule has 0 aliphatic carbocycles. The number of likely N-dealkylation sites (tertiary alicyclic amines) is 1. The highest BCUT2D eigenvalue weighted by atomic mass is 16.5. The molecular weight excluding hydrogens is 384 g/mol. The molecule has 1 amide bonds. The van der Waals surface area contributed by atoms with Crippen LogP contribution in [-0.2, 0) is 11.2 Å². The highest BCUT2D eigenvalue weighted by molar-refractivity contribution is 5.89. The van der Waals surface area contributed by atoms with Crippen molar-refractivity contribution in [2.45, 2.75) is 31.7 Å². The van der Waals surface area contributed by atoms with Crippen LogP contribution in [0, 0.1) is 0 Å². The zero-order valence-electron chi connectivity index (χ0n) is 17.2. The predicted molar refractivity (Wildman–Crippen MR) is 111 cm³/mol. The molecule has 0 bridgehead atoms. The summed E-state index contributed by atoms with van der Waals surface area (Å²) in [4.78, 5) is 19.2. The van der Waals surface area contributed by atoms with E-state index in [4.69, 9.17) is 9.26 Å². The summed E-state index contributed by atoms with van der Waals surface area (Å²) in [5.74, 6) is 2.15. The fraction of sp³-hybridized carbons (Fsp3) is 0.429. The number of nitrogens with zero attached hydrogens (tertiary/aromatic N) is 5. The quantitative estimate of drug-likeness (QED) is 0.639. The Labute approximate surface area is 175 Å². The first-order valence-corrected chi connectivity index (χ1v) is 10.1. The Morgan fingerprint density at radius 2 is 2.07 bits per heavy atom. The van der Waals surface area contributed by atoms with Crippen molar-refractivity contribution >= 4 is 11.7 Å². The Morgan fingerprint density at radius 1 is 1.27 bits per heavy atom. The van der Waals surface area contributed by atoms with Crippen molar-refractivity contribution in [3.05, 3.63) is 42.4 Å². The summed E-state index contributed by atoms with van der Waals surface area (Å²) in [5, 5.41) is 11.4. The number of nitrogens with one attached hydrogen (secondary N) is 1. The van der Waals surface area contributed by atoms with Crippen LogP contribution in [0.15, 0.2) is 41.1 Å². The Kier molecular flexibility index (Phi) is 6.08. The molecule has 0 saturated carbocycles. The van der Waals surface area contributed by atoms with Gasteiger partial charge in [0, 0.05) is 18.9 Å². The predicted octanol–water partition coefficient (Wildman–Crippen LogP) is 2.78. The standard InChI is InChI=1S/C21H26N6O3/c1-26-13-10-15(11-14-26)27-18(9-12-22-27)23-19(28)7-8-20-24-21(25-30-20)16-5-3-4-6-17(16)29-2/h3-6,9,12,15H,7-8,10-11,13-14H2,1-2H3,(H,23,28). The number of aromatic nitrogens is 4. The zero-order valence-corrected chi connectivity index (χ0v) is 17.2. The number of carbonyl (C=O) groups excluding carboxylic acids is 1. The van der Waals surface area contributed by atoms with Gasteiger partial charge in [0.1, 0.15) is 11.6 Å². The minimum absolute atomic E-state index is 0.110. The topological polar surface area (TPSA) is 98.3 Å². The van der Waals surface area contributed by atoms with Gasteiger partial charge in [-0.3, -0.25) is 4.79 Å². The van der Waals surface area contributed by atoms with Gasteiger partial charge in [-0.25, -0.2) is 4.68 Å². The highest BCUT2D eigenvalue weighted by Crippen LogP contribution is 2.27.